The monoisotopic (exact) mass is 397 g/mol. The lowest BCUT2D eigenvalue weighted by atomic mass is 10.1. The number of benzene rings is 1. The van der Waals surface area contributed by atoms with Crippen LogP contribution in [0.1, 0.15) is 22.8 Å². The number of hydrogen-bond acceptors (Lipinski definition) is 7. The molecule has 0 saturated carbocycles. The van der Waals surface area contributed by atoms with Gasteiger partial charge in [0.25, 0.3) is 0 Å². The molecular formula is C22H27N3O4. The van der Waals surface area contributed by atoms with Crippen LogP contribution in [0.3, 0.4) is 0 Å². The number of ketones is 1. The van der Waals surface area contributed by atoms with Crippen LogP contribution in [-0.2, 0) is 9.53 Å². The lowest BCUT2D eigenvalue weighted by molar-refractivity contribution is -0.145. The zero-order valence-electron chi connectivity index (χ0n) is 17.0. The van der Waals surface area contributed by atoms with E-state index in [1.54, 1.807) is 31.5 Å². The van der Waals surface area contributed by atoms with E-state index in [1.807, 2.05) is 25.1 Å². The highest BCUT2D eigenvalue weighted by Crippen LogP contribution is 2.20. The molecule has 0 N–H and O–H groups in total. The van der Waals surface area contributed by atoms with E-state index in [0.717, 1.165) is 31.7 Å². The number of piperazine rings is 1. The molecule has 0 unspecified atom stereocenters. The second-order valence-electron chi connectivity index (χ2n) is 6.97. The third-order valence-corrected chi connectivity index (χ3v) is 4.92. The van der Waals surface area contributed by atoms with E-state index in [4.69, 9.17) is 9.47 Å². The summed E-state index contributed by atoms with van der Waals surface area (Å²) >= 11 is 0. The molecule has 0 aliphatic carbocycles. The van der Waals surface area contributed by atoms with Crippen molar-refractivity contribution in [2.24, 2.45) is 0 Å². The molecule has 1 aliphatic heterocycles. The number of nitrogens with zero attached hydrogens (tertiary/aromatic N) is 3. The molecule has 0 spiro atoms. The molecule has 7 heteroatoms. The van der Waals surface area contributed by atoms with Gasteiger partial charge >= 0.3 is 5.97 Å². The Kier molecular flexibility index (Phi) is 7.19. The molecule has 7 nitrogen and oxygen atoms in total. The van der Waals surface area contributed by atoms with Gasteiger partial charge in [0, 0.05) is 49.8 Å². The van der Waals surface area contributed by atoms with Gasteiger partial charge in [0.15, 0.2) is 12.4 Å². The highest BCUT2D eigenvalue weighted by molar-refractivity contribution is 5.98. The van der Waals surface area contributed by atoms with Crippen molar-refractivity contribution >= 4 is 17.4 Å². The summed E-state index contributed by atoms with van der Waals surface area (Å²) in [6.45, 7) is 7.66. The molecule has 29 heavy (non-hydrogen) atoms. The van der Waals surface area contributed by atoms with Gasteiger partial charge in [0.05, 0.1) is 13.2 Å². The largest absolute Gasteiger partial charge is 0.482 e. The minimum absolute atomic E-state index is 0.0856. The van der Waals surface area contributed by atoms with Crippen molar-refractivity contribution in [3.8, 4) is 5.75 Å². The Morgan fingerprint density at radius 3 is 2.45 bits per heavy atom. The van der Waals surface area contributed by atoms with Gasteiger partial charge in [-0.3, -0.25) is 14.7 Å². The predicted molar refractivity (Wildman–Crippen MR) is 111 cm³/mol. The molecule has 1 aromatic carbocycles. The average molecular weight is 397 g/mol. The van der Waals surface area contributed by atoms with Crippen LogP contribution in [0, 0.1) is 6.92 Å². The molecule has 0 bridgehead atoms. The molecule has 1 saturated heterocycles. The third kappa shape index (κ3) is 5.77. The molecule has 0 radical (unpaired) electrons. The van der Waals surface area contributed by atoms with Crippen LogP contribution in [-0.4, -0.2) is 67.6 Å². The molecule has 1 aliphatic rings. The summed E-state index contributed by atoms with van der Waals surface area (Å²) in [6.07, 6.45) is 3.60. The van der Waals surface area contributed by atoms with Crippen molar-refractivity contribution in [2.75, 3.05) is 50.8 Å². The highest BCUT2D eigenvalue weighted by atomic mass is 16.6. The Bertz CT molecular complexity index is 833. The van der Waals surface area contributed by atoms with Crippen LogP contribution in [0.4, 0.5) is 5.69 Å². The first kappa shape index (κ1) is 20.8. The van der Waals surface area contributed by atoms with Crippen LogP contribution >= 0.6 is 0 Å². The lowest BCUT2D eigenvalue weighted by Gasteiger charge is -2.35. The predicted octanol–water partition coefficient (Wildman–Crippen LogP) is 2.34. The summed E-state index contributed by atoms with van der Waals surface area (Å²) in [7, 11) is 0. The van der Waals surface area contributed by atoms with Gasteiger partial charge in [-0.2, -0.15) is 0 Å². The number of aryl methyl sites for hydroxylation is 1. The van der Waals surface area contributed by atoms with E-state index in [2.05, 4.69) is 14.8 Å². The van der Waals surface area contributed by atoms with Crippen LogP contribution in [0.25, 0.3) is 0 Å². The quantitative estimate of drug-likeness (QED) is 0.500. The number of anilines is 1. The van der Waals surface area contributed by atoms with Crippen molar-refractivity contribution in [1.82, 2.24) is 9.88 Å². The molecule has 3 rings (SSSR count). The van der Waals surface area contributed by atoms with E-state index < -0.39 is 5.97 Å². The van der Waals surface area contributed by atoms with Crippen LogP contribution in [0.15, 0.2) is 42.7 Å². The summed E-state index contributed by atoms with van der Waals surface area (Å²) in [5.41, 5.74) is 2.64. The fourth-order valence-electron chi connectivity index (χ4n) is 3.34. The molecule has 2 aromatic rings. The fourth-order valence-corrected chi connectivity index (χ4v) is 3.34. The van der Waals surface area contributed by atoms with Crippen LogP contribution in [0.5, 0.6) is 5.75 Å². The number of aromatic nitrogens is 1. The Morgan fingerprint density at radius 2 is 1.79 bits per heavy atom. The molecule has 0 atom stereocenters. The minimum Gasteiger partial charge on any atom is -0.482 e. The highest BCUT2D eigenvalue weighted by Gasteiger charge is 2.20. The van der Waals surface area contributed by atoms with E-state index in [9.17, 15) is 9.59 Å². The number of carbonyl (C=O) groups is 2. The average Bonchev–Trinajstić information content (AvgIpc) is 2.74. The minimum atomic E-state index is -0.405. The number of Topliss-reactive ketones (excluding diaryl/α,β-unsaturated/α-hetero) is 1. The summed E-state index contributed by atoms with van der Waals surface area (Å²) in [6, 6.07) is 9.33. The summed E-state index contributed by atoms with van der Waals surface area (Å²) in [4.78, 5) is 32.7. The molecule has 1 fully saturated rings. The van der Waals surface area contributed by atoms with Gasteiger partial charge in [-0.25, -0.2) is 4.79 Å². The molecular weight excluding hydrogens is 370 g/mol. The summed E-state index contributed by atoms with van der Waals surface area (Å²) in [5.74, 6) is 0.265. The van der Waals surface area contributed by atoms with Crippen molar-refractivity contribution in [3.63, 3.8) is 0 Å². The fraction of sp³-hybridized carbons (Fsp3) is 0.409. The van der Waals surface area contributed by atoms with Crippen molar-refractivity contribution in [1.29, 1.82) is 0 Å². The first-order valence-corrected chi connectivity index (χ1v) is 9.86. The first-order chi connectivity index (χ1) is 14.1. The summed E-state index contributed by atoms with van der Waals surface area (Å²) < 4.78 is 10.3. The molecule has 154 valence electrons. The topological polar surface area (TPSA) is 72.0 Å². The number of hydrogen-bond donors (Lipinski definition) is 0. The maximum atomic E-state index is 12.7. The molecule has 0 amide bonds. The van der Waals surface area contributed by atoms with Gasteiger partial charge in [0.1, 0.15) is 5.75 Å². The Morgan fingerprint density at radius 1 is 1.07 bits per heavy atom. The Balaban J connectivity index is 1.51. The van der Waals surface area contributed by atoms with Crippen LogP contribution < -0.4 is 9.64 Å². The van der Waals surface area contributed by atoms with E-state index in [1.165, 1.54) is 5.69 Å². The smallest absolute Gasteiger partial charge is 0.344 e. The van der Waals surface area contributed by atoms with Crippen LogP contribution in [0.2, 0.25) is 0 Å². The number of esters is 1. The van der Waals surface area contributed by atoms with Gasteiger partial charge in [0.2, 0.25) is 0 Å². The zero-order chi connectivity index (χ0) is 20.6. The first-order valence-electron chi connectivity index (χ1n) is 9.86. The van der Waals surface area contributed by atoms with E-state index in [-0.39, 0.29) is 12.4 Å². The van der Waals surface area contributed by atoms with Gasteiger partial charge in [-0.05, 0) is 49.7 Å². The standard InChI is InChI=1S/C22H27N3O4/c1-3-28-22(27)16-29-21-5-4-18(14-17(21)2)20(26)15-24-10-12-25(13-11-24)19-6-8-23-9-7-19/h4-9,14H,3,10-13,15-16H2,1-2H3. The Labute approximate surface area is 171 Å². The number of rotatable bonds is 8. The van der Waals surface area contributed by atoms with Gasteiger partial charge < -0.3 is 14.4 Å². The van der Waals surface area contributed by atoms with Gasteiger partial charge in [-0.1, -0.05) is 0 Å². The second-order valence-corrected chi connectivity index (χ2v) is 6.97. The normalized spacial score (nSPS) is 14.5. The molecule has 1 aromatic heterocycles. The maximum Gasteiger partial charge on any atom is 0.344 e. The lowest BCUT2D eigenvalue weighted by Crippen LogP contribution is -2.48. The summed E-state index contributed by atoms with van der Waals surface area (Å²) in [5, 5.41) is 0. The Hall–Kier alpha value is -2.93. The van der Waals surface area contributed by atoms with Crippen molar-refractivity contribution in [2.45, 2.75) is 13.8 Å². The number of pyridine rings is 1. The molecule has 2 heterocycles. The van der Waals surface area contributed by atoms with Crippen molar-refractivity contribution in [3.05, 3.63) is 53.9 Å². The van der Waals surface area contributed by atoms with E-state index >= 15 is 0 Å². The SMILES string of the molecule is CCOC(=O)COc1ccc(C(=O)CN2CCN(c3ccncc3)CC2)cc1C. The maximum absolute atomic E-state index is 12.7. The van der Waals surface area contributed by atoms with E-state index in [0.29, 0.717) is 24.5 Å². The zero-order valence-corrected chi connectivity index (χ0v) is 17.0. The number of ether oxygens (including phenoxy) is 2. The van der Waals surface area contributed by atoms with Gasteiger partial charge in [-0.15, -0.1) is 0 Å². The third-order valence-electron chi connectivity index (χ3n) is 4.92. The second kappa shape index (κ2) is 10.0. The van der Waals surface area contributed by atoms with Crippen molar-refractivity contribution < 1.29 is 19.1 Å². The number of carbonyl (C=O) groups excluding carboxylic acids is 2.